The molecule has 6 heteroatoms. The second-order valence-electron chi connectivity index (χ2n) is 7.44. The Bertz CT molecular complexity index is 1220. The number of anilines is 1. The first-order chi connectivity index (χ1) is 15.6. The van der Waals surface area contributed by atoms with Crippen molar-refractivity contribution in [1.82, 2.24) is 10.3 Å². The smallest absolute Gasteiger partial charge is 0.224 e. The second kappa shape index (κ2) is 10.0. The summed E-state index contributed by atoms with van der Waals surface area (Å²) in [7, 11) is 0. The number of amides is 2. The van der Waals surface area contributed by atoms with Crippen LogP contribution in [0.25, 0.3) is 21.8 Å². The normalized spacial score (nSPS) is 10.5. The summed E-state index contributed by atoms with van der Waals surface area (Å²) < 4.78 is 0. The molecule has 0 spiro atoms. The summed E-state index contributed by atoms with van der Waals surface area (Å²) in [5.74, 6) is -0.171. The van der Waals surface area contributed by atoms with Gasteiger partial charge in [0.15, 0.2) is 0 Å². The Morgan fingerprint density at radius 1 is 0.875 bits per heavy atom. The van der Waals surface area contributed by atoms with Crippen LogP contribution in [0.5, 0.6) is 0 Å². The molecule has 1 heterocycles. The molecular weight excluding hydrogens is 418 g/mol. The fourth-order valence-corrected chi connectivity index (χ4v) is 4.15. The summed E-state index contributed by atoms with van der Waals surface area (Å²) in [6, 6.07) is 25.5. The molecule has 32 heavy (non-hydrogen) atoms. The highest BCUT2D eigenvalue weighted by molar-refractivity contribution is 7.13. The number of hydrogen-bond acceptors (Lipinski definition) is 4. The molecule has 2 amide bonds. The zero-order valence-corrected chi connectivity index (χ0v) is 18.5. The van der Waals surface area contributed by atoms with E-state index in [4.69, 9.17) is 4.98 Å². The summed E-state index contributed by atoms with van der Waals surface area (Å²) in [5.41, 5.74) is 5.74. The van der Waals surface area contributed by atoms with E-state index in [2.05, 4.69) is 34.2 Å². The van der Waals surface area contributed by atoms with Gasteiger partial charge in [0, 0.05) is 35.7 Å². The molecule has 5 nitrogen and oxygen atoms in total. The number of hydrogen-bond donors (Lipinski definition) is 2. The van der Waals surface area contributed by atoms with Crippen molar-refractivity contribution in [2.75, 3.05) is 5.32 Å². The van der Waals surface area contributed by atoms with Crippen LogP contribution in [0.15, 0.2) is 84.2 Å². The molecule has 0 aliphatic heterocycles. The molecule has 0 fully saturated rings. The van der Waals surface area contributed by atoms with E-state index in [0.29, 0.717) is 6.54 Å². The molecule has 0 saturated heterocycles. The maximum absolute atomic E-state index is 12.4. The average Bonchev–Trinajstić information content (AvgIpc) is 3.30. The van der Waals surface area contributed by atoms with Gasteiger partial charge < -0.3 is 10.6 Å². The van der Waals surface area contributed by atoms with Crippen molar-refractivity contribution in [3.8, 4) is 21.8 Å². The standard InChI is InChI=1S/C26H23N3O2S/c1-18(30)28-23-12-10-19(11-13-23)15-25(31)27-16-20-6-5-9-22(14-20)26-29-24(17-32-26)21-7-3-2-4-8-21/h2-14,17H,15-16H2,1H3,(H,27,31)(H,28,30). The van der Waals surface area contributed by atoms with Gasteiger partial charge in [-0.25, -0.2) is 4.98 Å². The van der Waals surface area contributed by atoms with Gasteiger partial charge in [0.25, 0.3) is 0 Å². The maximum Gasteiger partial charge on any atom is 0.224 e. The third-order valence-electron chi connectivity index (χ3n) is 4.88. The van der Waals surface area contributed by atoms with Crippen molar-refractivity contribution in [1.29, 1.82) is 0 Å². The van der Waals surface area contributed by atoms with E-state index in [1.54, 1.807) is 23.5 Å². The maximum atomic E-state index is 12.4. The van der Waals surface area contributed by atoms with E-state index >= 15 is 0 Å². The van der Waals surface area contributed by atoms with Crippen LogP contribution < -0.4 is 10.6 Å². The Morgan fingerprint density at radius 2 is 1.62 bits per heavy atom. The van der Waals surface area contributed by atoms with Crippen LogP contribution in [0, 0.1) is 0 Å². The summed E-state index contributed by atoms with van der Waals surface area (Å²) in [6.45, 7) is 1.92. The predicted octanol–water partition coefficient (Wildman–Crippen LogP) is 5.29. The number of carbonyl (C=O) groups is 2. The highest BCUT2D eigenvalue weighted by Crippen LogP contribution is 2.29. The SMILES string of the molecule is CC(=O)Nc1ccc(CC(=O)NCc2cccc(-c3nc(-c4ccccc4)cs3)c2)cc1. The van der Waals surface area contributed by atoms with Gasteiger partial charge in [-0.1, -0.05) is 60.7 Å². The van der Waals surface area contributed by atoms with Crippen molar-refractivity contribution < 1.29 is 9.59 Å². The fourth-order valence-electron chi connectivity index (χ4n) is 3.32. The minimum absolute atomic E-state index is 0.0525. The number of thiazole rings is 1. The Balaban J connectivity index is 1.35. The first-order valence-corrected chi connectivity index (χ1v) is 11.2. The van der Waals surface area contributed by atoms with Gasteiger partial charge in [-0.3, -0.25) is 9.59 Å². The van der Waals surface area contributed by atoms with E-state index in [1.165, 1.54) is 6.92 Å². The molecule has 0 atom stereocenters. The van der Waals surface area contributed by atoms with Crippen molar-refractivity contribution in [3.05, 3.63) is 95.4 Å². The van der Waals surface area contributed by atoms with Crippen LogP contribution in [0.2, 0.25) is 0 Å². The number of nitrogens with one attached hydrogen (secondary N) is 2. The lowest BCUT2D eigenvalue weighted by atomic mass is 10.1. The van der Waals surface area contributed by atoms with E-state index < -0.39 is 0 Å². The highest BCUT2D eigenvalue weighted by atomic mass is 32.1. The Labute approximate surface area is 191 Å². The number of carbonyl (C=O) groups excluding carboxylic acids is 2. The molecule has 4 aromatic rings. The topological polar surface area (TPSA) is 71.1 Å². The first-order valence-electron chi connectivity index (χ1n) is 10.3. The molecule has 3 aromatic carbocycles. The van der Waals surface area contributed by atoms with Gasteiger partial charge in [0.2, 0.25) is 11.8 Å². The quantitative estimate of drug-likeness (QED) is 0.409. The molecule has 0 saturated carbocycles. The zero-order chi connectivity index (χ0) is 22.3. The zero-order valence-electron chi connectivity index (χ0n) is 17.7. The number of aromatic nitrogens is 1. The van der Waals surface area contributed by atoms with Crippen LogP contribution in [-0.4, -0.2) is 16.8 Å². The van der Waals surface area contributed by atoms with Crippen molar-refractivity contribution in [2.24, 2.45) is 0 Å². The summed E-state index contributed by atoms with van der Waals surface area (Å²) in [4.78, 5) is 28.2. The number of rotatable bonds is 7. The Morgan fingerprint density at radius 3 is 2.38 bits per heavy atom. The Kier molecular flexibility index (Phi) is 6.72. The molecule has 0 bridgehead atoms. The van der Waals surface area contributed by atoms with Crippen LogP contribution >= 0.6 is 11.3 Å². The van der Waals surface area contributed by atoms with Crippen LogP contribution in [-0.2, 0) is 22.6 Å². The molecule has 1 aromatic heterocycles. The molecule has 4 rings (SSSR count). The molecule has 0 aliphatic rings. The molecule has 160 valence electrons. The lowest BCUT2D eigenvalue weighted by Crippen LogP contribution is -2.24. The van der Waals surface area contributed by atoms with Gasteiger partial charge in [-0.15, -0.1) is 11.3 Å². The summed E-state index contributed by atoms with van der Waals surface area (Å²) in [6.07, 6.45) is 0.285. The summed E-state index contributed by atoms with van der Waals surface area (Å²) in [5, 5.41) is 8.72. The van der Waals surface area contributed by atoms with Crippen molar-refractivity contribution >= 4 is 28.8 Å². The van der Waals surface area contributed by atoms with Gasteiger partial charge in [0.1, 0.15) is 5.01 Å². The fraction of sp³-hybridized carbons (Fsp3) is 0.115. The van der Waals surface area contributed by atoms with E-state index in [0.717, 1.165) is 38.6 Å². The molecular formula is C26H23N3O2S. The highest BCUT2D eigenvalue weighted by Gasteiger charge is 2.08. The largest absolute Gasteiger partial charge is 0.352 e. The van der Waals surface area contributed by atoms with Crippen molar-refractivity contribution in [3.63, 3.8) is 0 Å². The van der Waals surface area contributed by atoms with Gasteiger partial charge >= 0.3 is 0 Å². The summed E-state index contributed by atoms with van der Waals surface area (Å²) >= 11 is 1.61. The number of benzene rings is 3. The lowest BCUT2D eigenvalue weighted by Gasteiger charge is -2.08. The number of nitrogens with zero attached hydrogens (tertiary/aromatic N) is 1. The molecule has 0 radical (unpaired) electrons. The second-order valence-corrected chi connectivity index (χ2v) is 8.29. The third kappa shape index (κ3) is 5.68. The lowest BCUT2D eigenvalue weighted by molar-refractivity contribution is -0.120. The van der Waals surface area contributed by atoms with E-state index in [-0.39, 0.29) is 18.2 Å². The molecule has 0 aliphatic carbocycles. The Hall–Kier alpha value is -3.77. The van der Waals surface area contributed by atoms with Crippen LogP contribution in [0.3, 0.4) is 0 Å². The average molecular weight is 442 g/mol. The predicted molar refractivity (Wildman–Crippen MR) is 129 cm³/mol. The van der Waals surface area contributed by atoms with Gasteiger partial charge in [0.05, 0.1) is 12.1 Å². The first kappa shape index (κ1) is 21.5. The van der Waals surface area contributed by atoms with Crippen LogP contribution in [0.1, 0.15) is 18.1 Å². The monoisotopic (exact) mass is 441 g/mol. The minimum atomic E-state index is -0.119. The molecule has 2 N–H and O–H groups in total. The van der Waals surface area contributed by atoms with Gasteiger partial charge in [-0.2, -0.15) is 0 Å². The van der Waals surface area contributed by atoms with Gasteiger partial charge in [-0.05, 0) is 29.3 Å². The van der Waals surface area contributed by atoms with E-state index in [1.807, 2.05) is 48.5 Å². The molecule has 0 unspecified atom stereocenters. The van der Waals surface area contributed by atoms with Crippen molar-refractivity contribution in [2.45, 2.75) is 19.9 Å². The van der Waals surface area contributed by atoms with E-state index in [9.17, 15) is 9.59 Å². The third-order valence-corrected chi connectivity index (χ3v) is 5.77. The minimum Gasteiger partial charge on any atom is -0.352 e. The van der Waals surface area contributed by atoms with Crippen LogP contribution in [0.4, 0.5) is 5.69 Å².